The van der Waals surface area contributed by atoms with Gasteiger partial charge in [0.1, 0.15) is 17.2 Å². The van der Waals surface area contributed by atoms with Crippen LogP contribution in [-0.4, -0.2) is 20.0 Å². The van der Waals surface area contributed by atoms with Crippen LogP contribution in [0.3, 0.4) is 0 Å². The molecule has 0 radical (unpaired) electrons. The molecule has 0 aliphatic heterocycles. The molecule has 1 aliphatic rings. The first kappa shape index (κ1) is 34.3. The van der Waals surface area contributed by atoms with Crippen molar-refractivity contribution >= 4 is 0 Å². The Morgan fingerprint density at radius 1 is 0.604 bits per heavy atom. The molecule has 53 heavy (non-hydrogen) atoms. The Labute approximate surface area is 313 Å². The lowest BCUT2D eigenvalue weighted by molar-refractivity contribution is 0.480. The number of rotatable bonds is 6. The van der Waals surface area contributed by atoms with Crippen molar-refractivity contribution in [3.05, 3.63) is 178 Å². The quantitative estimate of drug-likeness (QED) is 0.174. The van der Waals surface area contributed by atoms with Gasteiger partial charge >= 0.3 is 0 Å². The Balaban J connectivity index is 1.26. The zero-order valence-electron chi connectivity index (χ0n) is 31.9. The highest BCUT2D eigenvalue weighted by Crippen LogP contribution is 2.57. The summed E-state index contributed by atoms with van der Waals surface area (Å²) in [6.45, 7) is 17.9. The number of nitrogens with zero attached hydrogens (tertiary/aromatic N) is 4. The van der Waals surface area contributed by atoms with Crippen molar-refractivity contribution in [2.75, 3.05) is 0 Å². The summed E-state index contributed by atoms with van der Waals surface area (Å²) in [7, 11) is 0. The summed E-state index contributed by atoms with van der Waals surface area (Å²) >= 11 is 0. The van der Waals surface area contributed by atoms with Gasteiger partial charge in [0.05, 0.1) is 23.0 Å². The van der Waals surface area contributed by atoms with Gasteiger partial charge in [0.15, 0.2) is 0 Å². The van der Waals surface area contributed by atoms with Gasteiger partial charge in [0, 0.05) is 17.8 Å². The molecule has 0 unspecified atom stereocenters. The first-order valence-corrected chi connectivity index (χ1v) is 18.4. The van der Waals surface area contributed by atoms with E-state index < -0.39 is 5.41 Å². The second kappa shape index (κ2) is 12.7. The number of hydrogen-bond acceptors (Lipinski definition) is 4. The molecule has 2 heterocycles. The first-order chi connectivity index (χ1) is 25.3. The van der Waals surface area contributed by atoms with Crippen molar-refractivity contribution in [3.63, 3.8) is 0 Å². The van der Waals surface area contributed by atoms with Crippen molar-refractivity contribution in [2.45, 2.75) is 71.6 Å². The maximum atomic E-state index is 6.70. The van der Waals surface area contributed by atoms with Crippen molar-refractivity contribution < 1.29 is 4.74 Å². The van der Waals surface area contributed by atoms with E-state index in [1.54, 1.807) is 0 Å². The van der Waals surface area contributed by atoms with E-state index in [4.69, 9.17) is 9.72 Å². The molecule has 0 spiro atoms. The van der Waals surface area contributed by atoms with E-state index in [1.807, 2.05) is 53.5 Å². The van der Waals surface area contributed by atoms with Crippen LogP contribution in [0.2, 0.25) is 0 Å². The van der Waals surface area contributed by atoms with Gasteiger partial charge in [-0.1, -0.05) is 126 Å². The average molecular weight is 695 g/mol. The summed E-state index contributed by atoms with van der Waals surface area (Å²) in [6, 6.07) is 43.2. The predicted molar refractivity (Wildman–Crippen MR) is 215 cm³/mol. The minimum Gasteiger partial charge on any atom is -0.457 e. The molecule has 5 heteroatoms. The van der Waals surface area contributed by atoms with Gasteiger partial charge in [0.25, 0.3) is 0 Å². The van der Waals surface area contributed by atoms with Gasteiger partial charge in [-0.25, -0.2) is 4.68 Å². The standard InChI is InChI=1S/C48H46N4O/c1-31-14-11-15-32(2)45(31)43-30-52(51-50-43)36-17-13-19-38(29-36)53-37-18-12-16-35(26-37)48(44-20-9-10-25-49-44)41-27-33(46(3,4)5)21-23-39(41)40-24-22-34(28-42(40)48)47(6,7)8/h9-30H,1-8H3. The summed E-state index contributed by atoms with van der Waals surface area (Å²) in [5, 5.41) is 9.03. The Bertz CT molecular complexity index is 2400. The highest BCUT2D eigenvalue weighted by atomic mass is 16.5. The lowest BCUT2D eigenvalue weighted by atomic mass is 9.68. The number of ether oxygens (including phenoxy) is 1. The van der Waals surface area contributed by atoms with E-state index in [2.05, 4.69) is 151 Å². The van der Waals surface area contributed by atoms with Crippen LogP contribution in [0, 0.1) is 13.8 Å². The van der Waals surface area contributed by atoms with Crippen molar-refractivity contribution in [1.29, 1.82) is 0 Å². The largest absolute Gasteiger partial charge is 0.457 e. The fourth-order valence-corrected chi connectivity index (χ4v) is 7.92. The van der Waals surface area contributed by atoms with E-state index in [0.717, 1.165) is 34.0 Å². The van der Waals surface area contributed by atoms with Crippen LogP contribution < -0.4 is 4.74 Å². The Morgan fingerprint density at radius 2 is 1.21 bits per heavy atom. The second-order valence-corrected chi connectivity index (χ2v) is 16.4. The lowest BCUT2D eigenvalue weighted by Gasteiger charge is -2.34. The molecule has 5 nitrogen and oxygen atoms in total. The van der Waals surface area contributed by atoms with Crippen LogP contribution in [0.25, 0.3) is 28.1 Å². The Hall–Kier alpha value is -5.81. The molecule has 0 saturated heterocycles. The summed E-state index contributed by atoms with van der Waals surface area (Å²) in [6.07, 6.45) is 3.90. The van der Waals surface area contributed by atoms with Crippen LogP contribution in [0.5, 0.6) is 11.5 Å². The second-order valence-electron chi connectivity index (χ2n) is 16.4. The number of aryl methyl sites for hydroxylation is 2. The van der Waals surface area contributed by atoms with Crippen LogP contribution in [0.4, 0.5) is 0 Å². The maximum Gasteiger partial charge on any atom is 0.129 e. The van der Waals surface area contributed by atoms with Gasteiger partial charge in [-0.05, 0) is 111 Å². The molecule has 2 aromatic heterocycles. The first-order valence-electron chi connectivity index (χ1n) is 18.4. The summed E-state index contributed by atoms with van der Waals surface area (Å²) in [5.74, 6) is 1.46. The van der Waals surface area contributed by atoms with Crippen molar-refractivity contribution in [2.24, 2.45) is 0 Å². The maximum absolute atomic E-state index is 6.70. The van der Waals surface area contributed by atoms with E-state index in [1.165, 1.54) is 44.5 Å². The molecule has 0 saturated carbocycles. The zero-order chi connectivity index (χ0) is 37.1. The summed E-state index contributed by atoms with van der Waals surface area (Å²) in [4.78, 5) is 5.13. The monoisotopic (exact) mass is 694 g/mol. The van der Waals surface area contributed by atoms with Crippen molar-refractivity contribution in [3.8, 4) is 39.6 Å². The number of fused-ring (bicyclic) bond motifs is 3. The van der Waals surface area contributed by atoms with Crippen molar-refractivity contribution in [1.82, 2.24) is 20.0 Å². The van der Waals surface area contributed by atoms with Gasteiger partial charge in [-0.3, -0.25) is 4.98 Å². The van der Waals surface area contributed by atoms with Gasteiger partial charge in [-0.2, -0.15) is 0 Å². The zero-order valence-corrected chi connectivity index (χ0v) is 31.9. The lowest BCUT2D eigenvalue weighted by Crippen LogP contribution is -2.30. The highest BCUT2D eigenvalue weighted by Gasteiger charge is 2.48. The molecule has 1 aliphatic carbocycles. The van der Waals surface area contributed by atoms with Crippen LogP contribution in [0.1, 0.15) is 86.2 Å². The SMILES string of the molecule is Cc1cccc(C)c1-c1cn(-c2cccc(Oc3cccc(C4(c5ccccn5)c5cc(C(C)(C)C)ccc5-c5ccc(C(C)(C)C)cc54)c3)c2)nn1. The van der Waals surface area contributed by atoms with E-state index in [9.17, 15) is 0 Å². The smallest absolute Gasteiger partial charge is 0.129 e. The number of aromatic nitrogens is 4. The molecule has 0 atom stereocenters. The number of benzene rings is 5. The van der Waals surface area contributed by atoms with E-state index >= 15 is 0 Å². The van der Waals surface area contributed by atoms with Crippen LogP contribution in [0.15, 0.2) is 134 Å². The minimum absolute atomic E-state index is 0.0319. The molecule has 0 N–H and O–H groups in total. The van der Waals surface area contributed by atoms with Crippen LogP contribution >= 0.6 is 0 Å². The highest BCUT2D eigenvalue weighted by molar-refractivity contribution is 5.86. The molecular formula is C48H46N4O. The molecule has 5 aromatic carbocycles. The average Bonchev–Trinajstić information content (AvgIpc) is 3.73. The third-order valence-electron chi connectivity index (χ3n) is 10.7. The van der Waals surface area contributed by atoms with Gasteiger partial charge < -0.3 is 4.74 Å². The fourth-order valence-electron chi connectivity index (χ4n) is 7.92. The summed E-state index contributed by atoms with van der Waals surface area (Å²) < 4.78 is 8.51. The molecule has 0 bridgehead atoms. The summed E-state index contributed by atoms with van der Waals surface area (Å²) in [5.41, 5.74) is 14.1. The molecule has 7 aromatic rings. The topological polar surface area (TPSA) is 52.8 Å². The predicted octanol–water partition coefficient (Wildman–Crippen LogP) is 11.7. The Kier molecular flexibility index (Phi) is 8.21. The Morgan fingerprint density at radius 3 is 1.81 bits per heavy atom. The molecular weight excluding hydrogens is 649 g/mol. The van der Waals surface area contributed by atoms with Gasteiger partial charge in [0.2, 0.25) is 0 Å². The fraction of sp³-hybridized carbons (Fsp3) is 0.229. The number of pyridine rings is 1. The normalized spacial score (nSPS) is 13.4. The third kappa shape index (κ3) is 5.94. The minimum atomic E-state index is -0.666. The number of hydrogen-bond donors (Lipinski definition) is 0. The third-order valence-corrected chi connectivity index (χ3v) is 10.7. The molecule has 0 amide bonds. The van der Waals surface area contributed by atoms with Crippen LogP contribution in [-0.2, 0) is 16.2 Å². The van der Waals surface area contributed by atoms with E-state index in [-0.39, 0.29) is 10.8 Å². The molecule has 8 rings (SSSR count). The molecule has 264 valence electrons. The van der Waals surface area contributed by atoms with Gasteiger partial charge in [-0.15, -0.1) is 5.10 Å². The molecule has 0 fully saturated rings. The van der Waals surface area contributed by atoms with E-state index in [0.29, 0.717) is 5.75 Å².